The highest BCUT2D eigenvalue weighted by Gasteiger charge is 2.31. The molecule has 2 amide bonds. The number of para-hydroxylation sites is 2. The van der Waals surface area contributed by atoms with Gasteiger partial charge in [0.05, 0.1) is 21.5 Å². The molecule has 0 aliphatic carbocycles. The molecule has 1 N–H and O–H groups in total. The average Bonchev–Trinajstić information content (AvgIpc) is 3.38. The fourth-order valence-electron chi connectivity index (χ4n) is 3.60. The normalized spacial score (nSPS) is 13.1. The van der Waals surface area contributed by atoms with Crippen molar-refractivity contribution >= 4 is 63.7 Å². The van der Waals surface area contributed by atoms with Crippen molar-refractivity contribution in [2.75, 3.05) is 10.2 Å². The van der Waals surface area contributed by atoms with Crippen LogP contribution in [-0.2, 0) is 4.79 Å². The highest BCUT2D eigenvalue weighted by Crippen LogP contribution is 2.48. The summed E-state index contributed by atoms with van der Waals surface area (Å²) in [7, 11) is 0. The number of nitrogens with one attached hydrogen (secondary N) is 1. The van der Waals surface area contributed by atoms with Gasteiger partial charge in [0, 0.05) is 20.4 Å². The van der Waals surface area contributed by atoms with Gasteiger partial charge in [-0.25, -0.2) is 0 Å². The summed E-state index contributed by atoms with van der Waals surface area (Å²) in [6.45, 7) is 1.94. The molecule has 3 aromatic carbocycles. The van der Waals surface area contributed by atoms with Gasteiger partial charge in [-0.15, -0.1) is 23.1 Å². The van der Waals surface area contributed by atoms with Crippen LogP contribution in [0.15, 0.2) is 105 Å². The number of rotatable bonds is 5. The van der Waals surface area contributed by atoms with Crippen LogP contribution in [-0.4, -0.2) is 17.1 Å². The van der Waals surface area contributed by atoms with Crippen molar-refractivity contribution in [3.63, 3.8) is 0 Å². The molecular weight excluding hydrogens is 468 g/mol. The van der Waals surface area contributed by atoms with Crippen LogP contribution in [0.3, 0.4) is 0 Å². The first-order valence-corrected chi connectivity index (χ1v) is 13.0. The fraction of sp³-hybridized carbons (Fsp3) is 0.0769. The lowest BCUT2D eigenvalue weighted by Gasteiger charge is -2.32. The van der Waals surface area contributed by atoms with Crippen molar-refractivity contribution in [2.24, 2.45) is 0 Å². The second kappa shape index (κ2) is 9.47. The Kier molecular flexibility index (Phi) is 6.26. The molecule has 33 heavy (non-hydrogen) atoms. The number of benzene rings is 3. The lowest BCUT2D eigenvalue weighted by atomic mass is 10.2. The van der Waals surface area contributed by atoms with Gasteiger partial charge in [-0.2, -0.15) is 0 Å². The summed E-state index contributed by atoms with van der Waals surface area (Å²) in [6.07, 6.45) is 0. The lowest BCUT2D eigenvalue weighted by molar-refractivity contribution is -0.117. The van der Waals surface area contributed by atoms with Crippen LogP contribution in [0.1, 0.15) is 16.6 Å². The van der Waals surface area contributed by atoms with E-state index in [9.17, 15) is 9.59 Å². The maximum atomic E-state index is 13.6. The Labute approximate surface area is 205 Å². The number of carbonyl (C=O) groups excluding carboxylic acids is 2. The van der Waals surface area contributed by atoms with Crippen molar-refractivity contribution < 1.29 is 9.59 Å². The predicted molar refractivity (Wildman–Crippen MR) is 138 cm³/mol. The number of hydrogen-bond donors (Lipinski definition) is 1. The first-order valence-electron chi connectivity index (χ1n) is 10.4. The molecule has 164 valence electrons. The summed E-state index contributed by atoms with van der Waals surface area (Å²) in [6, 6.07) is 27.3. The Bertz CT molecular complexity index is 1260. The van der Waals surface area contributed by atoms with Crippen molar-refractivity contribution in [1.82, 2.24) is 0 Å². The van der Waals surface area contributed by atoms with E-state index < -0.39 is 0 Å². The van der Waals surface area contributed by atoms with E-state index in [1.807, 2.05) is 83.9 Å². The van der Waals surface area contributed by atoms with Crippen LogP contribution in [0.2, 0.25) is 0 Å². The monoisotopic (exact) mass is 488 g/mol. The molecule has 0 spiro atoms. The third-order valence-electron chi connectivity index (χ3n) is 5.17. The summed E-state index contributed by atoms with van der Waals surface area (Å²) in [5, 5.41) is 4.49. The van der Waals surface area contributed by atoms with Gasteiger partial charge in [0.25, 0.3) is 5.91 Å². The number of carbonyl (C=O) groups is 2. The Hall–Kier alpha value is -3.00. The largest absolute Gasteiger partial charge is 0.321 e. The highest BCUT2D eigenvalue weighted by atomic mass is 32.2. The molecule has 1 aromatic heterocycles. The second-order valence-electron chi connectivity index (χ2n) is 7.43. The molecular formula is C26H20N2O2S3. The number of thiophene rings is 1. The third-order valence-corrected chi connectivity index (χ3v) is 8.27. The van der Waals surface area contributed by atoms with Crippen LogP contribution >= 0.6 is 34.9 Å². The first-order chi connectivity index (χ1) is 16.1. The third kappa shape index (κ3) is 4.57. The highest BCUT2D eigenvalue weighted by molar-refractivity contribution is 8.00. The summed E-state index contributed by atoms with van der Waals surface area (Å²) < 4.78 is 0. The zero-order valence-corrected chi connectivity index (χ0v) is 20.2. The molecule has 0 fully saturated rings. The zero-order valence-electron chi connectivity index (χ0n) is 17.7. The summed E-state index contributed by atoms with van der Waals surface area (Å²) in [4.78, 5) is 31.5. The van der Waals surface area contributed by atoms with Crippen molar-refractivity contribution in [3.8, 4) is 0 Å². The van der Waals surface area contributed by atoms with E-state index in [-0.39, 0.29) is 17.1 Å². The maximum absolute atomic E-state index is 13.6. The summed E-state index contributed by atoms with van der Waals surface area (Å²) >= 11 is 4.61. The lowest BCUT2D eigenvalue weighted by Crippen LogP contribution is -2.34. The van der Waals surface area contributed by atoms with Crippen molar-refractivity contribution in [3.05, 3.63) is 95.2 Å². The molecule has 2 heterocycles. The van der Waals surface area contributed by atoms with Gasteiger partial charge >= 0.3 is 0 Å². The van der Waals surface area contributed by atoms with E-state index in [0.29, 0.717) is 4.88 Å². The minimum atomic E-state index is -0.291. The summed E-state index contributed by atoms with van der Waals surface area (Å²) in [5.41, 5.74) is 2.57. The predicted octanol–water partition coefficient (Wildman–Crippen LogP) is 7.31. The standard InChI is InChI=1S/C26H20N2O2S3/c1-17(32-19-14-12-18(13-15-19)27-25(29)24-11-6-16-31-24)26(30)28-20-7-2-4-9-22(20)33-23-10-5-3-8-21(23)28/h2-17H,1H3,(H,27,29). The Morgan fingerprint density at radius 1 is 0.848 bits per heavy atom. The van der Waals surface area contributed by atoms with E-state index in [4.69, 9.17) is 0 Å². The van der Waals surface area contributed by atoms with Crippen LogP contribution in [0.4, 0.5) is 17.1 Å². The molecule has 7 heteroatoms. The first kappa shape index (κ1) is 21.8. The van der Waals surface area contributed by atoms with Gasteiger partial charge in [0.15, 0.2) is 0 Å². The van der Waals surface area contributed by atoms with Crippen LogP contribution in [0.25, 0.3) is 0 Å². The molecule has 4 nitrogen and oxygen atoms in total. The van der Waals surface area contributed by atoms with Gasteiger partial charge in [-0.05, 0) is 66.9 Å². The molecule has 0 saturated carbocycles. The molecule has 5 rings (SSSR count). The number of amides is 2. The molecule has 1 unspecified atom stereocenters. The quantitative estimate of drug-likeness (QED) is 0.299. The van der Waals surface area contributed by atoms with Gasteiger partial charge in [0.2, 0.25) is 5.91 Å². The maximum Gasteiger partial charge on any atom is 0.265 e. The molecule has 0 radical (unpaired) electrons. The van der Waals surface area contributed by atoms with Crippen molar-refractivity contribution in [1.29, 1.82) is 0 Å². The molecule has 0 bridgehead atoms. The van der Waals surface area contributed by atoms with Gasteiger partial charge in [-0.1, -0.05) is 42.1 Å². The number of thioether (sulfide) groups is 1. The molecule has 0 saturated heterocycles. The van der Waals surface area contributed by atoms with E-state index in [2.05, 4.69) is 17.4 Å². The van der Waals surface area contributed by atoms with E-state index in [1.165, 1.54) is 23.1 Å². The number of nitrogens with zero attached hydrogens (tertiary/aromatic N) is 1. The van der Waals surface area contributed by atoms with Crippen molar-refractivity contribution in [2.45, 2.75) is 26.9 Å². The Balaban J connectivity index is 1.32. The molecule has 1 aliphatic heterocycles. The smallest absolute Gasteiger partial charge is 0.265 e. The van der Waals surface area contributed by atoms with Crippen LogP contribution in [0.5, 0.6) is 0 Å². The topological polar surface area (TPSA) is 49.4 Å². The Morgan fingerprint density at radius 3 is 2.09 bits per heavy atom. The van der Waals surface area contributed by atoms with Crippen LogP contribution in [0, 0.1) is 0 Å². The molecule has 4 aromatic rings. The van der Waals surface area contributed by atoms with E-state index >= 15 is 0 Å². The van der Waals surface area contributed by atoms with Crippen LogP contribution < -0.4 is 10.2 Å². The SMILES string of the molecule is CC(Sc1ccc(NC(=O)c2cccs2)cc1)C(=O)N1c2ccccc2Sc2ccccc21. The van der Waals surface area contributed by atoms with E-state index in [0.717, 1.165) is 31.7 Å². The van der Waals surface area contributed by atoms with E-state index in [1.54, 1.807) is 17.8 Å². The number of anilines is 3. The summed E-state index contributed by atoms with van der Waals surface area (Å²) in [5.74, 6) is -0.0791. The minimum Gasteiger partial charge on any atom is -0.321 e. The molecule has 1 aliphatic rings. The second-order valence-corrected chi connectivity index (χ2v) is 10.9. The Morgan fingerprint density at radius 2 is 1.48 bits per heavy atom. The molecule has 1 atom stereocenters. The zero-order chi connectivity index (χ0) is 22.8. The fourth-order valence-corrected chi connectivity index (χ4v) is 6.18. The number of fused-ring (bicyclic) bond motifs is 2. The van der Waals surface area contributed by atoms with Gasteiger partial charge < -0.3 is 5.32 Å². The van der Waals surface area contributed by atoms with Gasteiger partial charge in [0.1, 0.15) is 0 Å². The number of hydrogen-bond acceptors (Lipinski definition) is 5. The minimum absolute atomic E-state index is 0.0373. The van der Waals surface area contributed by atoms with Gasteiger partial charge in [-0.3, -0.25) is 14.5 Å². The average molecular weight is 489 g/mol.